The van der Waals surface area contributed by atoms with Gasteiger partial charge in [-0.15, -0.1) is 0 Å². The number of carbonyl (C=O) groups is 2. The molecule has 0 spiro atoms. The summed E-state index contributed by atoms with van der Waals surface area (Å²) in [7, 11) is 0. The Morgan fingerprint density at radius 1 is 1.42 bits per heavy atom. The van der Waals surface area contributed by atoms with Gasteiger partial charge in [-0.25, -0.2) is 0 Å². The topological polar surface area (TPSA) is 50.5 Å². The molecule has 0 aliphatic carbocycles. The Morgan fingerprint density at radius 2 is 2.16 bits per heavy atom. The second-order valence-electron chi connectivity index (χ2n) is 5.88. The second kappa shape index (κ2) is 5.19. The number of likely N-dealkylation sites (tertiary alicyclic amines) is 1. The number of rotatable bonds is 3. The van der Waals surface area contributed by atoms with Gasteiger partial charge in [0.05, 0.1) is 0 Å². The van der Waals surface area contributed by atoms with Crippen LogP contribution in [0.15, 0.2) is 16.5 Å². The molecule has 2 rings (SSSR count). The van der Waals surface area contributed by atoms with Crippen LogP contribution in [0.1, 0.15) is 38.2 Å². The van der Waals surface area contributed by atoms with Crippen LogP contribution in [0.2, 0.25) is 0 Å². The first-order valence-electron chi connectivity index (χ1n) is 6.75. The van der Waals surface area contributed by atoms with Crippen molar-refractivity contribution in [2.45, 2.75) is 40.0 Å². The Bertz CT molecular complexity index is 487. The lowest BCUT2D eigenvalue weighted by molar-refractivity contribution is -0.140. The number of furan rings is 1. The minimum absolute atomic E-state index is 0.106. The Balaban J connectivity index is 1.88. The maximum Gasteiger partial charge on any atom is 0.223 e. The van der Waals surface area contributed by atoms with E-state index in [-0.39, 0.29) is 11.7 Å². The van der Waals surface area contributed by atoms with Crippen molar-refractivity contribution >= 4 is 11.7 Å². The number of hydrogen-bond acceptors (Lipinski definition) is 3. The van der Waals surface area contributed by atoms with Gasteiger partial charge in [-0.2, -0.15) is 0 Å². The summed E-state index contributed by atoms with van der Waals surface area (Å²) in [4.78, 5) is 25.7. The fraction of sp³-hybridized carbons (Fsp3) is 0.600. The molecule has 104 valence electrons. The molecule has 1 aromatic rings. The number of nitrogens with zero attached hydrogens (tertiary/aromatic N) is 1. The van der Waals surface area contributed by atoms with Crippen molar-refractivity contribution < 1.29 is 14.0 Å². The predicted molar refractivity (Wildman–Crippen MR) is 71.8 cm³/mol. The van der Waals surface area contributed by atoms with Crippen molar-refractivity contribution in [1.29, 1.82) is 0 Å². The normalized spacial score (nSPS) is 18.7. The zero-order valence-corrected chi connectivity index (χ0v) is 11.9. The van der Waals surface area contributed by atoms with E-state index in [9.17, 15) is 9.59 Å². The van der Waals surface area contributed by atoms with E-state index in [1.165, 1.54) is 0 Å². The molecule has 1 aromatic heterocycles. The third kappa shape index (κ3) is 3.25. The zero-order valence-electron chi connectivity index (χ0n) is 11.9. The van der Waals surface area contributed by atoms with Crippen LogP contribution in [-0.4, -0.2) is 29.7 Å². The predicted octanol–water partition coefficient (Wildman–Crippen LogP) is 2.35. The highest BCUT2D eigenvalue weighted by molar-refractivity contribution is 5.87. The molecule has 4 heteroatoms. The summed E-state index contributed by atoms with van der Waals surface area (Å²) in [6.45, 7) is 6.79. The summed E-state index contributed by atoms with van der Waals surface area (Å²) >= 11 is 0. The van der Waals surface area contributed by atoms with Crippen molar-refractivity contribution in [3.8, 4) is 0 Å². The van der Waals surface area contributed by atoms with Gasteiger partial charge in [0.1, 0.15) is 17.3 Å². The first-order valence-corrected chi connectivity index (χ1v) is 6.75. The maximum absolute atomic E-state index is 12.1. The largest absolute Gasteiger partial charge is 0.466 e. The van der Waals surface area contributed by atoms with Gasteiger partial charge in [0.25, 0.3) is 0 Å². The van der Waals surface area contributed by atoms with Crippen LogP contribution in [0, 0.1) is 12.3 Å². The van der Waals surface area contributed by atoms with Crippen molar-refractivity contribution in [3.05, 3.63) is 23.7 Å². The number of ketones is 1. The van der Waals surface area contributed by atoms with Gasteiger partial charge >= 0.3 is 0 Å². The number of piperidine rings is 1. The lowest BCUT2D eigenvalue weighted by atomic mass is 9.82. The van der Waals surface area contributed by atoms with E-state index in [4.69, 9.17) is 4.42 Å². The molecule has 0 atom stereocenters. The highest BCUT2D eigenvalue weighted by atomic mass is 16.3. The first kappa shape index (κ1) is 13.8. The van der Waals surface area contributed by atoms with Gasteiger partial charge in [-0.05, 0) is 19.1 Å². The van der Waals surface area contributed by atoms with Crippen LogP contribution in [-0.2, 0) is 16.0 Å². The van der Waals surface area contributed by atoms with Crippen LogP contribution in [0.5, 0.6) is 0 Å². The number of hydrogen-bond donors (Lipinski definition) is 0. The molecule has 0 aromatic carbocycles. The van der Waals surface area contributed by atoms with E-state index in [0.29, 0.717) is 32.4 Å². The maximum atomic E-state index is 12.1. The van der Waals surface area contributed by atoms with Gasteiger partial charge in [-0.3, -0.25) is 9.59 Å². The number of amides is 1. The molecule has 0 bridgehead atoms. The summed E-state index contributed by atoms with van der Waals surface area (Å²) < 4.78 is 5.45. The summed E-state index contributed by atoms with van der Waals surface area (Å²) in [6, 6.07) is 3.81. The molecule has 2 heterocycles. The lowest BCUT2D eigenvalue weighted by Gasteiger charge is -2.36. The standard InChI is InChI=1S/C15H21NO3/c1-11-4-5-12(19-11)6-7-14(18)16-9-8-13(17)15(2,3)10-16/h4-5H,6-10H2,1-3H3. The van der Waals surface area contributed by atoms with Crippen LogP contribution >= 0.6 is 0 Å². The summed E-state index contributed by atoms with van der Waals surface area (Å²) in [5, 5.41) is 0. The van der Waals surface area contributed by atoms with E-state index >= 15 is 0 Å². The molecule has 0 unspecified atom stereocenters. The monoisotopic (exact) mass is 263 g/mol. The van der Waals surface area contributed by atoms with Crippen LogP contribution < -0.4 is 0 Å². The zero-order chi connectivity index (χ0) is 14.0. The smallest absolute Gasteiger partial charge is 0.223 e. The molecule has 4 nitrogen and oxygen atoms in total. The summed E-state index contributed by atoms with van der Waals surface area (Å²) in [5.74, 6) is 2.07. The lowest BCUT2D eigenvalue weighted by Crippen LogP contribution is -2.48. The molecule has 1 aliphatic heterocycles. The Hall–Kier alpha value is -1.58. The Labute approximate surface area is 113 Å². The van der Waals surface area contributed by atoms with Gasteiger partial charge in [0.2, 0.25) is 5.91 Å². The highest BCUT2D eigenvalue weighted by Crippen LogP contribution is 2.25. The highest BCUT2D eigenvalue weighted by Gasteiger charge is 2.35. The molecule has 0 N–H and O–H groups in total. The van der Waals surface area contributed by atoms with Crippen molar-refractivity contribution in [1.82, 2.24) is 4.90 Å². The van der Waals surface area contributed by atoms with Crippen LogP contribution in [0.25, 0.3) is 0 Å². The molecule has 1 fully saturated rings. The molecule has 0 radical (unpaired) electrons. The SMILES string of the molecule is Cc1ccc(CCC(=O)N2CCC(=O)C(C)(C)C2)o1. The first-order chi connectivity index (χ1) is 8.88. The van der Waals surface area contributed by atoms with Crippen LogP contribution in [0.4, 0.5) is 0 Å². The third-order valence-electron chi connectivity index (χ3n) is 3.68. The Morgan fingerprint density at radius 3 is 2.74 bits per heavy atom. The molecule has 0 saturated carbocycles. The van der Waals surface area contributed by atoms with Gasteiger partial charge in [0, 0.05) is 37.8 Å². The van der Waals surface area contributed by atoms with Crippen molar-refractivity contribution in [2.24, 2.45) is 5.41 Å². The van der Waals surface area contributed by atoms with Crippen molar-refractivity contribution in [3.63, 3.8) is 0 Å². The second-order valence-corrected chi connectivity index (χ2v) is 5.88. The number of Topliss-reactive ketones (excluding diaryl/α,β-unsaturated/α-hetero) is 1. The average Bonchev–Trinajstić information content (AvgIpc) is 2.75. The fourth-order valence-corrected chi connectivity index (χ4v) is 2.44. The van der Waals surface area contributed by atoms with Gasteiger partial charge < -0.3 is 9.32 Å². The average molecular weight is 263 g/mol. The van der Waals surface area contributed by atoms with Crippen LogP contribution in [0.3, 0.4) is 0 Å². The Kier molecular flexibility index (Phi) is 3.78. The summed E-state index contributed by atoms with van der Waals surface area (Å²) in [6.07, 6.45) is 1.54. The van der Waals surface area contributed by atoms with E-state index in [1.54, 1.807) is 4.90 Å². The van der Waals surface area contributed by atoms with E-state index < -0.39 is 5.41 Å². The van der Waals surface area contributed by atoms with Gasteiger partial charge in [0.15, 0.2) is 0 Å². The third-order valence-corrected chi connectivity index (χ3v) is 3.68. The molecule has 1 saturated heterocycles. The van der Waals surface area contributed by atoms with E-state index in [1.807, 2.05) is 32.9 Å². The summed E-state index contributed by atoms with van der Waals surface area (Å²) in [5.41, 5.74) is -0.408. The minimum Gasteiger partial charge on any atom is -0.466 e. The molecular formula is C15H21NO3. The van der Waals surface area contributed by atoms with E-state index in [2.05, 4.69) is 0 Å². The molecule has 1 aliphatic rings. The van der Waals surface area contributed by atoms with Crippen molar-refractivity contribution in [2.75, 3.05) is 13.1 Å². The molecular weight excluding hydrogens is 242 g/mol. The van der Waals surface area contributed by atoms with E-state index in [0.717, 1.165) is 11.5 Å². The minimum atomic E-state index is -0.408. The molecule has 19 heavy (non-hydrogen) atoms. The molecule has 1 amide bonds. The number of carbonyl (C=O) groups excluding carboxylic acids is 2. The number of aryl methyl sites for hydroxylation is 2. The quantitative estimate of drug-likeness (QED) is 0.841. The fourth-order valence-electron chi connectivity index (χ4n) is 2.44. The van der Waals surface area contributed by atoms with Gasteiger partial charge in [-0.1, -0.05) is 13.8 Å².